The quantitative estimate of drug-likeness (QED) is 0.342. The monoisotopic (exact) mass is 480 g/mol. The molecule has 3 aromatic rings. The summed E-state index contributed by atoms with van der Waals surface area (Å²) in [5, 5.41) is 23.6. The molecule has 12 heteroatoms. The number of hydrogen-bond acceptors (Lipinski definition) is 10. The van der Waals surface area contributed by atoms with E-state index in [9.17, 15) is 4.39 Å². The van der Waals surface area contributed by atoms with E-state index < -0.39 is 5.82 Å². The average molecular weight is 481 g/mol. The maximum atomic E-state index is 13.6. The van der Waals surface area contributed by atoms with Gasteiger partial charge in [-0.25, -0.2) is 9.97 Å². The molecule has 0 spiro atoms. The Morgan fingerprint density at radius 1 is 0.833 bits per heavy atom. The summed E-state index contributed by atoms with van der Waals surface area (Å²) in [7, 11) is 0. The molecule has 0 aliphatic heterocycles. The molecule has 0 saturated carbocycles. The van der Waals surface area contributed by atoms with Crippen molar-refractivity contribution in [3.63, 3.8) is 0 Å². The number of hydrogen-bond donors (Lipinski definition) is 4. The van der Waals surface area contributed by atoms with Crippen LogP contribution in [0.5, 0.6) is 11.8 Å². The Bertz CT molecular complexity index is 901. The molecule has 0 amide bonds. The number of nitrogens with one attached hydrogen (secondary N) is 2. The summed E-state index contributed by atoms with van der Waals surface area (Å²) in [5.41, 5.74) is 1.37. The first-order valence-corrected chi connectivity index (χ1v) is 9.55. The van der Waals surface area contributed by atoms with Crippen molar-refractivity contribution in [2.75, 3.05) is 37.1 Å². The molecule has 0 bridgehead atoms. The van der Waals surface area contributed by atoms with Gasteiger partial charge in [-0.05, 0) is 40.2 Å². The summed E-state index contributed by atoms with van der Waals surface area (Å²) >= 11 is 3.29. The number of aliphatic hydroxyl groups is 2. The summed E-state index contributed by atoms with van der Waals surface area (Å²) in [6, 6.07) is 7.06. The van der Waals surface area contributed by atoms with Crippen LogP contribution in [0, 0.1) is 5.82 Å². The fourth-order valence-corrected chi connectivity index (χ4v) is 2.51. The molecule has 0 unspecified atom stereocenters. The van der Waals surface area contributed by atoms with Gasteiger partial charge in [0.25, 0.3) is 5.88 Å². The fourth-order valence-electron chi connectivity index (χ4n) is 2.21. The molecule has 3 rings (SSSR count). The lowest BCUT2D eigenvalue weighted by molar-refractivity contribution is 0.191. The number of halogens is 2. The molecule has 10 nitrogen and oxygen atoms in total. The van der Waals surface area contributed by atoms with Crippen molar-refractivity contribution >= 4 is 39.2 Å². The van der Waals surface area contributed by atoms with E-state index >= 15 is 0 Å². The van der Waals surface area contributed by atoms with Crippen LogP contribution in [-0.2, 0) is 0 Å². The highest BCUT2D eigenvalue weighted by Crippen LogP contribution is 2.25. The molecule has 2 aromatic heterocycles. The van der Waals surface area contributed by atoms with E-state index in [-0.39, 0.29) is 38.3 Å². The van der Waals surface area contributed by atoms with Gasteiger partial charge in [-0.1, -0.05) is 0 Å². The Morgan fingerprint density at radius 2 is 1.33 bits per heavy atom. The lowest BCUT2D eigenvalue weighted by atomic mass is 10.3. The van der Waals surface area contributed by atoms with Gasteiger partial charge in [-0.15, -0.1) is 0 Å². The SMILES string of the molecule is OCCOc1nc(Nc2ccc(Nc3ncc(Br)c(OCCO)n3)cc2)ncc1F. The molecule has 1 aromatic carbocycles. The van der Waals surface area contributed by atoms with Gasteiger partial charge in [0.1, 0.15) is 13.2 Å². The Labute approximate surface area is 179 Å². The molecular weight excluding hydrogens is 463 g/mol. The fraction of sp³-hybridized carbons (Fsp3) is 0.222. The Morgan fingerprint density at radius 3 is 1.90 bits per heavy atom. The number of rotatable bonds is 10. The lowest BCUT2D eigenvalue weighted by Gasteiger charge is -2.10. The van der Waals surface area contributed by atoms with Crippen LogP contribution in [0.25, 0.3) is 0 Å². The molecule has 0 fully saturated rings. The zero-order valence-corrected chi connectivity index (χ0v) is 17.1. The summed E-state index contributed by atoms with van der Waals surface area (Å²) in [6.07, 6.45) is 2.53. The minimum absolute atomic E-state index is 0.0708. The van der Waals surface area contributed by atoms with Gasteiger partial charge in [-0.3, -0.25) is 0 Å². The number of benzene rings is 1. The van der Waals surface area contributed by atoms with Gasteiger partial charge < -0.3 is 30.3 Å². The first kappa shape index (κ1) is 21.6. The minimum atomic E-state index is -0.717. The molecule has 0 atom stereocenters. The first-order chi connectivity index (χ1) is 14.6. The third-order valence-corrected chi connectivity index (χ3v) is 4.03. The average Bonchev–Trinajstić information content (AvgIpc) is 2.76. The summed E-state index contributed by atoms with van der Waals surface area (Å²) in [4.78, 5) is 16.2. The highest BCUT2D eigenvalue weighted by Gasteiger charge is 2.09. The largest absolute Gasteiger partial charge is 0.474 e. The lowest BCUT2D eigenvalue weighted by Crippen LogP contribution is -2.07. The van der Waals surface area contributed by atoms with Crippen LogP contribution in [-0.4, -0.2) is 56.6 Å². The van der Waals surface area contributed by atoms with E-state index in [1.807, 2.05) is 0 Å². The Kier molecular flexibility index (Phi) is 7.65. The van der Waals surface area contributed by atoms with Crippen LogP contribution < -0.4 is 20.1 Å². The predicted octanol–water partition coefficient (Wildman–Crippen LogP) is 2.40. The molecule has 30 heavy (non-hydrogen) atoms. The molecule has 4 N–H and O–H groups in total. The molecular formula is C18H18BrFN6O4. The second-order valence-electron chi connectivity index (χ2n) is 5.66. The second-order valence-corrected chi connectivity index (χ2v) is 6.52. The van der Waals surface area contributed by atoms with E-state index in [1.165, 1.54) is 0 Å². The highest BCUT2D eigenvalue weighted by atomic mass is 79.9. The number of aromatic nitrogens is 4. The zero-order valence-electron chi connectivity index (χ0n) is 15.5. The third-order valence-electron chi connectivity index (χ3n) is 3.48. The molecule has 2 heterocycles. The standard InChI is InChI=1S/C18H18BrFN6O4/c19-13-9-21-17(25-15(13)29-7-5-27)23-11-1-3-12(4-2-11)24-18-22-10-14(20)16(26-18)30-8-6-28/h1-4,9-10,27-28H,5-8H2,(H,21,23,25)(H,22,24,26). The van der Waals surface area contributed by atoms with Gasteiger partial charge >= 0.3 is 0 Å². The smallest absolute Gasteiger partial charge is 0.255 e. The topological polar surface area (TPSA) is 135 Å². The Hall–Kier alpha value is -3.09. The molecule has 0 radical (unpaired) electrons. The third kappa shape index (κ3) is 5.95. The van der Waals surface area contributed by atoms with E-state index in [4.69, 9.17) is 19.7 Å². The van der Waals surface area contributed by atoms with Gasteiger partial charge in [0.05, 0.1) is 30.1 Å². The van der Waals surface area contributed by atoms with Crippen LogP contribution in [0.15, 0.2) is 41.1 Å². The van der Waals surface area contributed by atoms with E-state index in [0.717, 1.165) is 6.20 Å². The molecule has 0 aliphatic rings. The number of anilines is 4. The van der Waals surface area contributed by atoms with Gasteiger partial charge in [0, 0.05) is 11.4 Å². The van der Waals surface area contributed by atoms with Crippen molar-refractivity contribution in [3.8, 4) is 11.8 Å². The van der Waals surface area contributed by atoms with E-state index in [0.29, 0.717) is 27.7 Å². The van der Waals surface area contributed by atoms with Gasteiger partial charge in [0.2, 0.25) is 23.6 Å². The van der Waals surface area contributed by atoms with Crippen molar-refractivity contribution in [2.24, 2.45) is 0 Å². The predicted molar refractivity (Wildman–Crippen MR) is 110 cm³/mol. The summed E-state index contributed by atoms with van der Waals surface area (Å²) in [5.74, 6) is -0.185. The normalized spacial score (nSPS) is 10.5. The van der Waals surface area contributed by atoms with Gasteiger partial charge in [0.15, 0.2) is 0 Å². The molecule has 158 valence electrons. The van der Waals surface area contributed by atoms with E-state index in [2.05, 4.69) is 46.5 Å². The Balaban J connectivity index is 1.66. The first-order valence-electron chi connectivity index (χ1n) is 8.75. The maximum Gasteiger partial charge on any atom is 0.255 e. The van der Waals surface area contributed by atoms with E-state index in [1.54, 1.807) is 30.5 Å². The summed E-state index contributed by atoms with van der Waals surface area (Å²) in [6.45, 7) is -0.329. The number of aliphatic hydroxyl groups excluding tert-OH is 2. The van der Waals surface area contributed by atoms with Crippen molar-refractivity contribution in [1.82, 2.24) is 19.9 Å². The van der Waals surface area contributed by atoms with Crippen LogP contribution in [0.3, 0.4) is 0 Å². The molecule has 0 aliphatic carbocycles. The van der Waals surface area contributed by atoms with Crippen molar-refractivity contribution in [2.45, 2.75) is 0 Å². The second kappa shape index (κ2) is 10.6. The maximum absolute atomic E-state index is 13.6. The summed E-state index contributed by atoms with van der Waals surface area (Å²) < 4.78 is 24.5. The minimum Gasteiger partial charge on any atom is -0.474 e. The number of nitrogens with zero attached hydrogens (tertiary/aromatic N) is 4. The van der Waals surface area contributed by atoms with Crippen molar-refractivity contribution in [3.05, 3.63) is 46.9 Å². The van der Waals surface area contributed by atoms with Crippen LogP contribution in [0.2, 0.25) is 0 Å². The van der Waals surface area contributed by atoms with Crippen LogP contribution in [0.1, 0.15) is 0 Å². The van der Waals surface area contributed by atoms with Crippen LogP contribution in [0.4, 0.5) is 27.7 Å². The molecule has 0 saturated heterocycles. The van der Waals surface area contributed by atoms with Crippen LogP contribution >= 0.6 is 15.9 Å². The van der Waals surface area contributed by atoms with Gasteiger partial charge in [-0.2, -0.15) is 14.4 Å². The number of ether oxygens (including phenoxy) is 2. The van der Waals surface area contributed by atoms with Crippen molar-refractivity contribution < 1.29 is 24.1 Å². The zero-order chi connectivity index (χ0) is 21.3. The highest BCUT2D eigenvalue weighted by molar-refractivity contribution is 9.10. The van der Waals surface area contributed by atoms with Crippen molar-refractivity contribution in [1.29, 1.82) is 0 Å².